The first-order chi connectivity index (χ1) is 9.29. The van der Waals surface area contributed by atoms with Gasteiger partial charge in [0.25, 0.3) is 5.91 Å². The van der Waals surface area contributed by atoms with Gasteiger partial charge in [0.15, 0.2) is 5.69 Å². The summed E-state index contributed by atoms with van der Waals surface area (Å²) in [6.45, 7) is 0.776. The van der Waals surface area contributed by atoms with E-state index < -0.39 is 0 Å². The Hall–Kier alpha value is -2.43. The molecule has 0 fully saturated rings. The van der Waals surface area contributed by atoms with Crippen molar-refractivity contribution in [2.75, 3.05) is 18.9 Å². The van der Waals surface area contributed by atoms with Crippen LogP contribution in [-0.2, 0) is 6.42 Å². The van der Waals surface area contributed by atoms with Crippen molar-refractivity contribution in [3.05, 3.63) is 53.7 Å². The average molecular weight is 256 g/mol. The lowest BCUT2D eigenvalue weighted by Gasteiger charge is -2.05. The van der Waals surface area contributed by atoms with Gasteiger partial charge in [-0.25, -0.2) is 0 Å². The molecule has 0 saturated carbocycles. The van der Waals surface area contributed by atoms with Gasteiger partial charge in [-0.3, -0.25) is 4.79 Å². The molecule has 5 heteroatoms. The molecule has 1 amide bonds. The summed E-state index contributed by atoms with van der Waals surface area (Å²) in [5.74, 6) is 0.437. The summed E-state index contributed by atoms with van der Waals surface area (Å²) < 4.78 is 0. The highest BCUT2D eigenvalue weighted by Gasteiger charge is 2.04. The first-order valence-corrected chi connectivity index (χ1v) is 6.13. The van der Waals surface area contributed by atoms with Gasteiger partial charge in [-0.1, -0.05) is 30.3 Å². The quantitative estimate of drug-likeness (QED) is 0.850. The Morgan fingerprint density at radius 1 is 1.11 bits per heavy atom. The average Bonchev–Trinajstić information content (AvgIpc) is 2.48. The van der Waals surface area contributed by atoms with Gasteiger partial charge in [-0.05, 0) is 24.1 Å². The molecule has 0 aliphatic carbocycles. The molecule has 2 rings (SSSR count). The lowest BCUT2D eigenvalue weighted by Crippen LogP contribution is -2.20. The van der Waals surface area contributed by atoms with E-state index in [1.165, 1.54) is 5.56 Å². The van der Waals surface area contributed by atoms with Gasteiger partial charge in [0, 0.05) is 13.6 Å². The van der Waals surface area contributed by atoms with Crippen molar-refractivity contribution < 1.29 is 4.79 Å². The van der Waals surface area contributed by atoms with E-state index in [9.17, 15) is 4.79 Å². The van der Waals surface area contributed by atoms with Crippen molar-refractivity contribution in [1.82, 2.24) is 15.5 Å². The minimum atomic E-state index is -0.233. The number of carbonyl (C=O) groups excluding carboxylic acids is 1. The van der Waals surface area contributed by atoms with Crippen LogP contribution in [0.1, 0.15) is 16.1 Å². The van der Waals surface area contributed by atoms with E-state index in [1.54, 1.807) is 19.2 Å². The lowest BCUT2D eigenvalue weighted by atomic mass is 10.1. The Balaban J connectivity index is 1.85. The van der Waals surface area contributed by atoms with E-state index in [0.717, 1.165) is 13.0 Å². The molecule has 1 heterocycles. The molecule has 0 aliphatic rings. The summed E-state index contributed by atoms with van der Waals surface area (Å²) in [6.07, 6.45) is 0.916. The van der Waals surface area contributed by atoms with E-state index in [2.05, 4.69) is 33.0 Å². The van der Waals surface area contributed by atoms with Crippen molar-refractivity contribution in [3.8, 4) is 0 Å². The molecule has 2 N–H and O–H groups in total. The number of amides is 1. The Labute approximate surface area is 112 Å². The van der Waals surface area contributed by atoms with Crippen LogP contribution in [0.3, 0.4) is 0 Å². The second-order valence-corrected chi connectivity index (χ2v) is 4.05. The Kier molecular flexibility index (Phi) is 4.44. The number of anilines is 1. The van der Waals surface area contributed by atoms with Crippen molar-refractivity contribution in [2.45, 2.75) is 6.42 Å². The maximum absolute atomic E-state index is 11.3. The zero-order valence-corrected chi connectivity index (χ0v) is 10.8. The predicted octanol–water partition coefficient (Wildman–Crippen LogP) is 1.49. The van der Waals surface area contributed by atoms with Crippen LogP contribution in [-0.4, -0.2) is 29.7 Å². The third-order valence-electron chi connectivity index (χ3n) is 2.69. The van der Waals surface area contributed by atoms with Crippen LogP contribution in [0.5, 0.6) is 0 Å². The number of nitrogens with one attached hydrogen (secondary N) is 2. The number of rotatable bonds is 5. The monoisotopic (exact) mass is 256 g/mol. The largest absolute Gasteiger partial charge is 0.368 e. The molecule has 0 spiro atoms. The topological polar surface area (TPSA) is 66.9 Å². The molecule has 0 bridgehead atoms. The minimum absolute atomic E-state index is 0.233. The van der Waals surface area contributed by atoms with Gasteiger partial charge >= 0.3 is 0 Å². The summed E-state index contributed by atoms with van der Waals surface area (Å²) in [6, 6.07) is 13.6. The highest BCUT2D eigenvalue weighted by atomic mass is 16.1. The maximum atomic E-state index is 11.3. The van der Waals surface area contributed by atoms with Crippen LogP contribution in [0.4, 0.5) is 5.82 Å². The van der Waals surface area contributed by atoms with Crippen molar-refractivity contribution >= 4 is 11.7 Å². The number of carbonyl (C=O) groups is 1. The molecule has 0 radical (unpaired) electrons. The van der Waals surface area contributed by atoms with Gasteiger partial charge in [-0.15, -0.1) is 10.2 Å². The van der Waals surface area contributed by atoms with Crippen LogP contribution in [0, 0.1) is 0 Å². The smallest absolute Gasteiger partial charge is 0.271 e. The highest BCUT2D eigenvalue weighted by Crippen LogP contribution is 2.04. The van der Waals surface area contributed by atoms with E-state index in [4.69, 9.17) is 0 Å². The van der Waals surface area contributed by atoms with E-state index >= 15 is 0 Å². The first kappa shape index (κ1) is 13.0. The first-order valence-electron chi connectivity index (χ1n) is 6.13. The maximum Gasteiger partial charge on any atom is 0.271 e. The van der Waals surface area contributed by atoms with Crippen LogP contribution in [0.2, 0.25) is 0 Å². The zero-order chi connectivity index (χ0) is 13.5. The number of aromatic nitrogens is 2. The van der Waals surface area contributed by atoms with Crippen LogP contribution >= 0.6 is 0 Å². The van der Waals surface area contributed by atoms with Crippen molar-refractivity contribution in [3.63, 3.8) is 0 Å². The number of nitrogens with zero attached hydrogens (tertiary/aromatic N) is 2. The molecular weight excluding hydrogens is 240 g/mol. The highest BCUT2D eigenvalue weighted by molar-refractivity contribution is 5.91. The number of hydrogen-bond donors (Lipinski definition) is 2. The second kappa shape index (κ2) is 6.49. The van der Waals surface area contributed by atoms with E-state index in [0.29, 0.717) is 11.5 Å². The van der Waals surface area contributed by atoms with Gasteiger partial charge in [0.05, 0.1) is 0 Å². The Bertz CT molecular complexity index is 525. The molecule has 0 aliphatic heterocycles. The summed E-state index contributed by atoms with van der Waals surface area (Å²) in [5.41, 5.74) is 1.58. The van der Waals surface area contributed by atoms with Gasteiger partial charge in [-0.2, -0.15) is 0 Å². The SMILES string of the molecule is CNC(=O)c1ccc(NCCc2ccccc2)nn1. The molecule has 5 nitrogen and oxygen atoms in total. The fourth-order valence-corrected chi connectivity index (χ4v) is 1.66. The standard InChI is InChI=1S/C14H16N4O/c1-15-14(19)12-7-8-13(18-17-12)16-10-9-11-5-3-2-4-6-11/h2-8H,9-10H2,1H3,(H,15,19)(H,16,18). The van der Waals surface area contributed by atoms with Crippen LogP contribution < -0.4 is 10.6 Å². The van der Waals surface area contributed by atoms with Gasteiger partial charge < -0.3 is 10.6 Å². The van der Waals surface area contributed by atoms with Gasteiger partial charge in [0.2, 0.25) is 0 Å². The van der Waals surface area contributed by atoms with E-state index in [1.807, 2.05) is 18.2 Å². The van der Waals surface area contributed by atoms with Crippen LogP contribution in [0.15, 0.2) is 42.5 Å². The predicted molar refractivity (Wildman–Crippen MR) is 74.1 cm³/mol. The molecule has 19 heavy (non-hydrogen) atoms. The number of benzene rings is 1. The Morgan fingerprint density at radius 2 is 1.89 bits per heavy atom. The zero-order valence-electron chi connectivity index (χ0n) is 10.8. The molecule has 98 valence electrons. The molecule has 2 aromatic rings. The molecule has 1 aromatic carbocycles. The summed E-state index contributed by atoms with van der Waals surface area (Å²) in [4.78, 5) is 11.3. The molecular formula is C14H16N4O. The van der Waals surface area contributed by atoms with Gasteiger partial charge in [0.1, 0.15) is 5.82 Å². The molecule has 0 atom stereocenters. The molecule has 0 unspecified atom stereocenters. The molecule has 1 aromatic heterocycles. The van der Waals surface area contributed by atoms with E-state index in [-0.39, 0.29) is 5.91 Å². The fourth-order valence-electron chi connectivity index (χ4n) is 1.66. The number of hydrogen-bond acceptors (Lipinski definition) is 4. The normalized spacial score (nSPS) is 9.95. The van der Waals surface area contributed by atoms with Crippen LogP contribution in [0.25, 0.3) is 0 Å². The molecule has 0 saturated heterocycles. The third-order valence-corrected chi connectivity index (χ3v) is 2.69. The lowest BCUT2D eigenvalue weighted by molar-refractivity contribution is 0.0957. The second-order valence-electron chi connectivity index (χ2n) is 4.05. The fraction of sp³-hybridized carbons (Fsp3) is 0.214. The Morgan fingerprint density at radius 3 is 2.53 bits per heavy atom. The van der Waals surface area contributed by atoms with Crippen molar-refractivity contribution in [2.24, 2.45) is 0 Å². The minimum Gasteiger partial charge on any atom is -0.368 e. The summed E-state index contributed by atoms with van der Waals surface area (Å²) in [7, 11) is 1.57. The third kappa shape index (κ3) is 3.77. The summed E-state index contributed by atoms with van der Waals surface area (Å²) >= 11 is 0. The summed E-state index contributed by atoms with van der Waals surface area (Å²) in [5, 5.41) is 13.5. The van der Waals surface area contributed by atoms with Crippen molar-refractivity contribution in [1.29, 1.82) is 0 Å².